The third kappa shape index (κ3) is 2.64. The molecule has 6 nitrogen and oxygen atoms in total. The Morgan fingerprint density at radius 3 is 2.32 bits per heavy atom. The summed E-state index contributed by atoms with van der Waals surface area (Å²) in [6, 6.07) is 13.9. The van der Waals surface area contributed by atoms with E-state index in [1.165, 1.54) is 18.9 Å². The average molecular weight is 410 g/mol. The van der Waals surface area contributed by atoms with Crippen molar-refractivity contribution in [3.63, 3.8) is 0 Å². The standard InChI is InChI=1S/C20H14N2O4S2/c1-11(23)21-13-8-4-3-7-12(13)16(18(21)24)17-19(25)22(20(27)28-17)14-9-5-6-10-15(14)26-2/h3-10H,1-2H3. The molecule has 2 aromatic rings. The van der Waals surface area contributed by atoms with Gasteiger partial charge in [-0.25, -0.2) is 4.90 Å². The van der Waals surface area contributed by atoms with Crippen LogP contribution < -0.4 is 14.5 Å². The van der Waals surface area contributed by atoms with E-state index >= 15 is 0 Å². The van der Waals surface area contributed by atoms with Crippen LogP contribution in [-0.4, -0.2) is 29.2 Å². The summed E-state index contributed by atoms with van der Waals surface area (Å²) in [4.78, 5) is 40.9. The lowest BCUT2D eigenvalue weighted by Gasteiger charge is -2.17. The number of amides is 3. The van der Waals surface area contributed by atoms with Gasteiger partial charge in [0.2, 0.25) is 5.91 Å². The predicted octanol–water partition coefficient (Wildman–Crippen LogP) is 3.36. The maximum atomic E-state index is 13.3. The lowest BCUT2D eigenvalue weighted by atomic mass is 10.1. The second kappa shape index (κ2) is 6.88. The van der Waals surface area contributed by atoms with Crippen LogP contribution in [0.25, 0.3) is 5.57 Å². The zero-order chi connectivity index (χ0) is 20.0. The van der Waals surface area contributed by atoms with Gasteiger partial charge in [-0.15, -0.1) is 0 Å². The molecule has 1 saturated heterocycles. The highest BCUT2D eigenvalue weighted by Crippen LogP contribution is 2.46. The highest BCUT2D eigenvalue weighted by atomic mass is 32.2. The molecule has 0 N–H and O–H groups in total. The first-order chi connectivity index (χ1) is 13.5. The molecule has 0 aromatic heterocycles. The first-order valence-corrected chi connectivity index (χ1v) is 9.56. The summed E-state index contributed by atoms with van der Waals surface area (Å²) in [6.45, 7) is 1.32. The Labute approximate surface area is 170 Å². The van der Waals surface area contributed by atoms with Crippen molar-refractivity contribution in [2.75, 3.05) is 16.9 Å². The fourth-order valence-corrected chi connectivity index (χ4v) is 4.65. The molecule has 0 saturated carbocycles. The molecule has 0 atom stereocenters. The SMILES string of the molecule is COc1ccccc1N1C(=O)C(=C2C(=O)N(C(C)=O)c3ccccc32)SC1=S. The monoisotopic (exact) mass is 410 g/mol. The Morgan fingerprint density at radius 1 is 1.00 bits per heavy atom. The lowest BCUT2D eigenvalue weighted by molar-refractivity contribution is -0.122. The highest BCUT2D eigenvalue weighted by molar-refractivity contribution is 8.27. The Morgan fingerprint density at radius 2 is 1.64 bits per heavy atom. The van der Waals surface area contributed by atoms with E-state index < -0.39 is 17.7 Å². The first kappa shape index (κ1) is 18.4. The number of hydrogen-bond donors (Lipinski definition) is 0. The quantitative estimate of drug-likeness (QED) is 0.559. The number of imide groups is 1. The number of para-hydroxylation sites is 3. The van der Waals surface area contributed by atoms with Crippen LogP contribution in [0.2, 0.25) is 0 Å². The van der Waals surface area contributed by atoms with Crippen molar-refractivity contribution in [2.24, 2.45) is 0 Å². The fraction of sp³-hybridized carbons (Fsp3) is 0.100. The summed E-state index contributed by atoms with van der Waals surface area (Å²) >= 11 is 6.47. The van der Waals surface area contributed by atoms with Gasteiger partial charge in [0.15, 0.2) is 4.32 Å². The Balaban J connectivity index is 1.87. The first-order valence-electron chi connectivity index (χ1n) is 8.33. The van der Waals surface area contributed by atoms with Gasteiger partial charge in [0.05, 0.1) is 29.0 Å². The van der Waals surface area contributed by atoms with Gasteiger partial charge in [-0.3, -0.25) is 19.3 Å². The fourth-order valence-electron chi connectivity index (χ4n) is 3.29. The molecule has 8 heteroatoms. The lowest BCUT2D eigenvalue weighted by Crippen LogP contribution is -2.32. The van der Waals surface area contributed by atoms with Crippen molar-refractivity contribution < 1.29 is 19.1 Å². The summed E-state index contributed by atoms with van der Waals surface area (Å²) in [6.07, 6.45) is 0. The molecule has 0 unspecified atom stereocenters. The molecule has 0 spiro atoms. The Kier molecular flexibility index (Phi) is 4.52. The summed E-state index contributed by atoms with van der Waals surface area (Å²) < 4.78 is 5.64. The van der Waals surface area contributed by atoms with Crippen molar-refractivity contribution in [1.29, 1.82) is 0 Å². The molecule has 0 radical (unpaired) electrons. The molecule has 2 aliphatic heterocycles. The number of benzene rings is 2. The maximum absolute atomic E-state index is 13.3. The van der Waals surface area contributed by atoms with Gasteiger partial charge in [-0.05, 0) is 18.2 Å². The van der Waals surface area contributed by atoms with Crippen molar-refractivity contribution in [3.8, 4) is 5.75 Å². The number of fused-ring (bicyclic) bond motifs is 1. The van der Waals surface area contributed by atoms with E-state index in [0.29, 0.717) is 27.0 Å². The van der Waals surface area contributed by atoms with Crippen molar-refractivity contribution in [1.82, 2.24) is 0 Å². The van der Waals surface area contributed by atoms with Crippen LogP contribution in [0.5, 0.6) is 5.75 Å². The zero-order valence-electron chi connectivity index (χ0n) is 15.0. The van der Waals surface area contributed by atoms with Crippen LogP contribution in [0, 0.1) is 0 Å². The van der Waals surface area contributed by atoms with Crippen LogP contribution in [0.15, 0.2) is 53.4 Å². The van der Waals surface area contributed by atoms with E-state index in [1.807, 2.05) is 0 Å². The number of methoxy groups -OCH3 is 1. The average Bonchev–Trinajstić information content (AvgIpc) is 3.13. The molecule has 2 heterocycles. The molecule has 4 rings (SSSR count). The second-order valence-electron chi connectivity index (χ2n) is 6.06. The minimum atomic E-state index is -0.519. The van der Waals surface area contributed by atoms with E-state index in [1.54, 1.807) is 48.5 Å². The van der Waals surface area contributed by atoms with E-state index in [2.05, 4.69) is 0 Å². The van der Waals surface area contributed by atoms with Gasteiger partial charge in [-0.2, -0.15) is 0 Å². The number of carbonyl (C=O) groups is 3. The number of hydrogen-bond acceptors (Lipinski definition) is 6. The van der Waals surface area contributed by atoms with Crippen LogP contribution >= 0.6 is 24.0 Å². The molecular formula is C20H14N2O4S2. The van der Waals surface area contributed by atoms with Crippen molar-refractivity contribution >= 4 is 63.0 Å². The molecular weight excluding hydrogens is 396 g/mol. The number of ether oxygens (including phenoxy) is 1. The van der Waals surface area contributed by atoms with Crippen LogP contribution in [0.4, 0.5) is 11.4 Å². The van der Waals surface area contributed by atoms with E-state index in [9.17, 15) is 14.4 Å². The molecule has 1 fully saturated rings. The minimum absolute atomic E-state index is 0.195. The van der Waals surface area contributed by atoms with E-state index in [0.717, 1.165) is 16.7 Å². The molecule has 2 aromatic carbocycles. The zero-order valence-corrected chi connectivity index (χ0v) is 16.6. The third-order valence-electron chi connectivity index (χ3n) is 4.47. The largest absolute Gasteiger partial charge is 0.495 e. The Hall–Kier alpha value is -2.97. The summed E-state index contributed by atoms with van der Waals surface area (Å²) in [5, 5.41) is 0. The smallest absolute Gasteiger partial charge is 0.271 e. The van der Waals surface area contributed by atoms with Gasteiger partial charge in [0, 0.05) is 12.5 Å². The van der Waals surface area contributed by atoms with Crippen LogP contribution in [-0.2, 0) is 14.4 Å². The third-order valence-corrected chi connectivity index (χ3v) is 5.84. The number of carbonyl (C=O) groups excluding carboxylic acids is 3. The number of anilines is 2. The van der Waals surface area contributed by atoms with Crippen LogP contribution in [0.3, 0.4) is 0 Å². The summed E-state index contributed by atoms with van der Waals surface area (Å²) in [5.41, 5.74) is 1.71. The topological polar surface area (TPSA) is 66.9 Å². The Bertz CT molecular complexity index is 1090. The van der Waals surface area contributed by atoms with Crippen molar-refractivity contribution in [3.05, 3.63) is 59.0 Å². The predicted molar refractivity (Wildman–Crippen MR) is 112 cm³/mol. The number of rotatable bonds is 2. The van der Waals surface area contributed by atoms with Gasteiger partial charge in [0.1, 0.15) is 5.75 Å². The number of thioether (sulfide) groups is 1. The number of thiocarbonyl (C=S) groups is 1. The molecule has 2 aliphatic rings. The molecule has 28 heavy (non-hydrogen) atoms. The summed E-state index contributed by atoms with van der Waals surface area (Å²) in [7, 11) is 1.51. The van der Waals surface area contributed by atoms with Gasteiger partial charge in [-0.1, -0.05) is 54.3 Å². The normalized spacial score (nSPS) is 18.7. The molecule has 0 aliphatic carbocycles. The van der Waals surface area contributed by atoms with Crippen molar-refractivity contribution in [2.45, 2.75) is 6.92 Å². The van der Waals surface area contributed by atoms with Gasteiger partial charge < -0.3 is 4.74 Å². The van der Waals surface area contributed by atoms with Gasteiger partial charge >= 0.3 is 0 Å². The highest BCUT2D eigenvalue weighted by Gasteiger charge is 2.44. The molecule has 0 bridgehead atoms. The molecule has 3 amide bonds. The van der Waals surface area contributed by atoms with E-state index in [-0.39, 0.29) is 10.5 Å². The van der Waals surface area contributed by atoms with E-state index in [4.69, 9.17) is 17.0 Å². The van der Waals surface area contributed by atoms with Crippen LogP contribution in [0.1, 0.15) is 12.5 Å². The minimum Gasteiger partial charge on any atom is -0.495 e. The maximum Gasteiger partial charge on any atom is 0.271 e. The molecule has 140 valence electrons. The number of nitrogens with zero attached hydrogens (tertiary/aromatic N) is 2. The second-order valence-corrected chi connectivity index (χ2v) is 7.71. The van der Waals surface area contributed by atoms with Gasteiger partial charge in [0.25, 0.3) is 11.8 Å². The summed E-state index contributed by atoms with van der Waals surface area (Å²) in [5.74, 6) is -0.849.